The Morgan fingerprint density at radius 2 is 1.79 bits per heavy atom. The third-order valence-corrected chi connectivity index (χ3v) is 11.8. The van der Waals surface area contributed by atoms with Gasteiger partial charge in [0.05, 0.1) is 29.5 Å². The zero-order valence-corrected chi connectivity index (χ0v) is 32.1. The number of tetrazole rings is 1. The van der Waals surface area contributed by atoms with Crippen molar-refractivity contribution in [3.63, 3.8) is 0 Å². The molecular formula is C35H48ClN7O8S. The first-order valence-corrected chi connectivity index (χ1v) is 19.3. The van der Waals surface area contributed by atoms with Gasteiger partial charge in [-0.2, -0.15) is 4.80 Å². The summed E-state index contributed by atoms with van der Waals surface area (Å²) in [6.07, 6.45) is 2.52. The van der Waals surface area contributed by atoms with Crippen LogP contribution in [0.5, 0.6) is 5.75 Å². The van der Waals surface area contributed by atoms with Crippen molar-refractivity contribution in [2.75, 3.05) is 7.11 Å². The Kier molecular flexibility index (Phi) is 10.9. The highest BCUT2D eigenvalue weighted by molar-refractivity contribution is 7.91. The van der Waals surface area contributed by atoms with Crippen LogP contribution in [0.3, 0.4) is 0 Å². The SMILES string of the molecule is C=CC[C@@H]1C[C@@]1(NC(=O)[C@@H]1C[C@@H](n2nnc(-c3ccc(OC)c(Cl)c3)n2)CC1C(=O)C(NC(=O)OC(C)(C)C)C(C)(C)C)C(=O)NS(=O)(=O)C1CC1. The number of alkyl carbamates (subject to hydrolysis) is 1. The van der Waals surface area contributed by atoms with E-state index in [-0.39, 0.29) is 31.0 Å². The maximum atomic E-state index is 14.5. The van der Waals surface area contributed by atoms with Crippen LogP contribution in [0.2, 0.25) is 5.02 Å². The summed E-state index contributed by atoms with van der Waals surface area (Å²) in [5.74, 6) is -3.42. The fourth-order valence-electron chi connectivity index (χ4n) is 6.76. The summed E-state index contributed by atoms with van der Waals surface area (Å²) < 4.78 is 38.4. The molecule has 3 amide bonds. The van der Waals surface area contributed by atoms with Gasteiger partial charge in [0.15, 0.2) is 5.78 Å². The second-order valence-corrected chi connectivity index (χ2v) is 18.4. The molecule has 3 N–H and O–H groups in total. The first-order valence-electron chi connectivity index (χ1n) is 17.3. The Morgan fingerprint density at radius 1 is 1.12 bits per heavy atom. The van der Waals surface area contributed by atoms with Crippen molar-refractivity contribution in [3.05, 3.63) is 35.9 Å². The fraction of sp³-hybridized carbons (Fsp3) is 0.629. The van der Waals surface area contributed by atoms with Gasteiger partial charge in [0, 0.05) is 17.4 Å². The number of sulfonamides is 1. The van der Waals surface area contributed by atoms with E-state index in [0.717, 1.165) is 0 Å². The lowest BCUT2D eigenvalue weighted by molar-refractivity contribution is -0.137. The number of carbonyl (C=O) groups excluding carboxylic acids is 4. The molecule has 3 saturated carbocycles. The van der Waals surface area contributed by atoms with Crippen molar-refractivity contribution in [1.82, 2.24) is 35.6 Å². The highest BCUT2D eigenvalue weighted by Crippen LogP contribution is 2.49. The van der Waals surface area contributed by atoms with Gasteiger partial charge in [-0.05, 0) is 94.0 Å². The molecule has 17 heteroatoms. The molecule has 3 aliphatic carbocycles. The van der Waals surface area contributed by atoms with Gasteiger partial charge in [0.1, 0.15) is 16.9 Å². The van der Waals surface area contributed by atoms with Gasteiger partial charge >= 0.3 is 6.09 Å². The molecule has 0 radical (unpaired) electrons. The molecule has 6 atom stereocenters. The van der Waals surface area contributed by atoms with E-state index in [1.54, 1.807) is 65.8 Å². The van der Waals surface area contributed by atoms with E-state index < -0.39 is 79.4 Å². The summed E-state index contributed by atoms with van der Waals surface area (Å²) in [5.41, 5.74) is -2.54. The number of carbonyl (C=O) groups is 4. The molecule has 284 valence electrons. The highest BCUT2D eigenvalue weighted by Gasteiger charge is 2.62. The number of rotatable bonds is 13. The van der Waals surface area contributed by atoms with Crippen molar-refractivity contribution in [1.29, 1.82) is 0 Å². The minimum absolute atomic E-state index is 0.0922. The van der Waals surface area contributed by atoms with Crippen molar-refractivity contribution in [3.8, 4) is 17.1 Å². The zero-order valence-electron chi connectivity index (χ0n) is 30.6. The molecule has 2 unspecified atom stereocenters. The van der Waals surface area contributed by atoms with Gasteiger partial charge in [0.2, 0.25) is 21.8 Å². The lowest BCUT2D eigenvalue weighted by Crippen LogP contribution is -2.56. The predicted molar refractivity (Wildman–Crippen MR) is 192 cm³/mol. The molecule has 1 heterocycles. The zero-order chi connectivity index (χ0) is 38.4. The quantitative estimate of drug-likeness (QED) is 0.248. The van der Waals surface area contributed by atoms with Gasteiger partial charge in [-0.1, -0.05) is 38.4 Å². The number of benzene rings is 1. The van der Waals surface area contributed by atoms with Crippen LogP contribution in [0.1, 0.15) is 86.1 Å². The second kappa shape index (κ2) is 14.4. The Labute approximate surface area is 309 Å². The third-order valence-electron chi connectivity index (χ3n) is 9.72. The molecule has 0 aliphatic heterocycles. The summed E-state index contributed by atoms with van der Waals surface area (Å²) >= 11 is 6.33. The molecule has 2 aromatic rings. The highest BCUT2D eigenvalue weighted by atomic mass is 35.5. The normalized spacial score (nSPS) is 25.1. The fourth-order valence-corrected chi connectivity index (χ4v) is 8.38. The minimum Gasteiger partial charge on any atom is -0.495 e. The number of methoxy groups -OCH3 is 1. The van der Waals surface area contributed by atoms with E-state index in [2.05, 4.69) is 37.3 Å². The number of ketones is 1. The predicted octanol–water partition coefficient (Wildman–Crippen LogP) is 4.14. The Balaban J connectivity index is 1.45. The molecule has 0 spiro atoms. The van der Waals surface area contributed by atoms with Crippen molar-refractivity contribution >= 4 is 45.3 Å². The summed E-state index contributed by atoms with van der Waals surface area (Å²) in [7, 11) is -2.40. The van der Waals surface area contributed by atoms with Gasteiger partial charge in [0.25, 0.3) is 5.91 Å². The van der Waals surface area contributed by atoms with Crippen molar-refractivity contribution < 1.29 is 37.1 Å². The van der Waals surface area contributed by atoms with E-state index in [0.29, 0.717) is 35.6 Å². The number of nitrogens with zero attached hydrogens (tertiary/aromatic N) is 4. The van der Waals surface area contributed by atoms with Crippen molar-refractivity contribution in [2.24, 2.45) is 23.2 Å². The van der Waals surface area contributed by atoms with Crippen LogP contribution < -0.4 is 20.1 Å². The first-order chi connectivity index (χ1) is 24.2. The Hall–Kier alpha value is -4.05. The number of halogens is 1. The van der Waals surface area contributed by atoms with Crippen LogP contribution in [0.4, 0.5) is 4.79 Å². The number of nitrogens with one attached hydrogen (secondary N) is 3. The number of amides is 3. The molecule has 3 aliphatic rings. The van der Waals surface area contributed by atoms with E-state index in [1.165, 1.54) is 11.9 Å². The number of ether oxygens (including phenoxy) is 2. The number of allylic oxidation sites excluding steroid dienone is 1. The van der Waals surface area contributed by atoms with Crippen LogP contribution in [0.15, 0.2) is 30.9 Å². The molecule has 5 rings (SSSR count). The van der Waals surface area contributed by atoms with E-state index >= 15 is 0 Å². The molecule has 0 bridgehead atoms. The van der Waals surface area contributed by atoms with Gasteiger partial charge in [-0.25, -0.2) is 13.2 Å². The van der Waals surface area contributed by atoms with E-state index in [9.17, 15) is 27.6 Å². The van der Waals surface area contributed by atoms with Crippen LogP contribution in [0, 0.1) is 23.2 Å². The first kappa shape index (κ1) is 39.2. The number of hydrogen-bond donors (Lipinski definition) is 3. The molecule has 15 nitrogen and oxygen atoms in total. The summed E-state index contributed by atoms with van der Waals surface area (Å²) in [5, 5.41) is 18.3. The number of hydrogen-bond acceptors (Lipinski definition) is 11. The second-order valence-electron chi connectivity index (χ2n) is 16.0. The maximum absolute atomic E-state index is 14.5. The average Bonchev–Trinajstić information content (AvgIpc) is 3.90. The van der Waals surface area contributed by atoms with Crippen LogP contribution in [-0.2, 0) is 29.1 Å². The summed E-state index contributed by atoms with van der Waals surface area (Å²) in [4.78, 5) is 56.8. The molecule has 1 aromatic heterocycles. The Bertz CT molecular complexity index is 1850. The lowest BCUT2D eigenvalue weighted by atomic mass is 9.77. The molecule has 3 fully saturated rings. The van der Waals surface area contributed by atoms with Gasteiger partial charge in [-0.15, -0.1) is 16.8 Å². The van der Waals surface area contributed by atoms with Gasteiger partial charge in [-0.3, -0.25) is 19.1 Å². The van der Waals surface area contributed by atoms with Crippen molar-refractivity contribution in [2.45, 2.75) is 109 Å². The molecule has 0 saturated heterocycles. The summed E-state index contributed by atoms with van der Waals surface area (Å²) in [6, 6.07) is 3.40. The molecular weight excluding hydrogens is 714 g/mol. The van der Waals surface area contributed by atoms with Crippen LogP contribution >= 0.6 is 11.6 Å². The number of aromatic nitrogens is 4. The molecule has 52 heavy (non-hydrogen) atoms. The number of Topliss-reactive ketones (excluding diaryl/α,β-unsaturated/α-hetero) is 1. The monoisotopic (exact) mass is 761 g/mol. The average molecular weight is 762 g/mol. The third kappa shape index (κ3) is 8.59. The van der Waals surface area contributed by atoms with Crippen LogP contribution in [-0.4, -0.2) is 81.9 Å². The minimum atomic E-state index is -3.90. The largest absolute Gasteiger partial charge is 0.495 e. The topological polar surface area (TPSA) is 201 Å². The van der Waals surface area contributed by atoms with E-state index in [1.807, 2.05) is 0 Å². The maximum Gasteiger partial charge on any atom is 0.408 e. The molecule has 1 aromatic carbocycles. The van der Waals surface area contributed by atoms with Crippen LogP contribution in [0.25, 0.3) is 11.4 Å². The summed E-state index contributed by atoms with van der Waals surface area (Å²) in [6.45, 7) is 14.3. The lowest BCUT2D eigenvalue weighted by Gasteiger charge is -2.34. The smallest absolute Gasteiger partial charge is 0.408 e. The Morgan fingerprint density at radius 3 is 2.37 bits per heavy atom. The van der Waals surface area contributed by atoms with E-state index in [4.69, 9.17) is 21.1 Å². The standard InChI is InChI=1S/C35H48ClN7O8S/c1-9-10-20-18-35(20,31(46)41-52(48,49)22-12-13-22)38-30(45)24-17-21(43-40-29(39-42-43)19-11-14-26(50-8)25(36)15-19)16-23(24)27(44)28(33(2,3)4)37-32(47)51-34(5,6)7/h9,11,14-15,20-24,28H,1,10,12-13,16-18H2,2-8H3,(H,37,47)(H,38,45)(H,41,46)/t20-,21+,23?,24-,28?,35+/m1/s1. The van der Waals surface area contributed by atoms with Gasteiger partial charge < -0.3 is 20.1 Å².